The molecule has 0 saturated heterocycles. The maximum absolute atomic E-state index is 12.3. The van der Waals surface area contributed by atoms with Gasteiger partial charge in [-0.05, 0) is 26.3 Å². The van der Waals surface area contributed by atoms with Crippen LogP contribution in [0.3, 0.4) is 0 Å². The summed E-state index contributed by atoms with van der Waals surface area (Å²) < 4.78 is 1.18. The largest absolute Gasteiger partial charge is 0.396 e. The molecule has 0 aliphatic rings. The van der Waals surface area contributed by atoms with Crippen molar-refractivity contribution in [3.05, 3.63) is 40.3 Å². The number of rotatable bonds is 5. The Morgan fingerprint density at radius 2 is 2.05 bits per heavy atom. The molecule has 2 rings (SSSR count). The fraction of sp³-hybridized carbons (Fsp3) is 0.400. The zero-order chi connectivity index (χ0) is 15.4. The molecular weight excluding hydrogens is 270 g/mol. The zero-order valence-corrected chi connectivity index (χ0v) is 12.2. The lowest BCUT2D eigenvalue weighted by Crippen LogP contribution is -2.38. The number of hydrogen-bond acceptors (Lipinski definition) is 4. The van der Waals surface area contributed by atoms with Gasteiger partial charge in [-0.1, -0.05) is 18.2 Å². The predicted molar refractivity (Wildman–Crippen MR) is 80.0 cm³/mol. The summed E-state index contributed by atoms with van der Waals surface area (Å²) in [6.45, 7) is 3.50. The summed E-state index contributed by atoms with van der Waals surface area (Å²) in [5.74, 6) is -0.291. The van der Waals surface area contributed by atoms with Crippen LogP contribution in [-0.2, 0) is 11.3 Å². The number of benzene rings is 1. The van der Waals surface area contributed by atoms with Gasteiger partial charge in [0.05, 0.1) is 11.1 Å². The number of nitrogens with zero attached hydrogens (tertiary/aromatic N) is 2. The average molecular weight is 289 g/mol. The summed E-state index contributed by atoms with van der Waals surface area (Å²) in [6.07, 6.45) is 0.477. The van der Waals surface area contributed by atoms with Crippen LogP contribution < -0.4 is 10.9 Å². The number of amides is 1. The minimum Gasteiger partial charge on any atom is -0.396 e. The second kappa shape index (κ2) is 6.49. The molecule has 2 aromatic rings. The van der Waals surface area contributed by atoms with Gasteiger partial charge in [0.25, 0.3) is 5.56 Å². The van der Waals surface area contributed by atoms with E-state index in [0.717, 1.165) is 5.39 Å². The minimum atomic E-state index is -0.291. The number of aromatic nitrogens is 2. The summed E-state index contributed by atoms with van der Waals surface area (Å²) in [5.41, 5.74) is 0.433. The van der Waals surface area contributed by atoms with E-state index >= 15 is 0 Å². The van der Waals surface area contributed by atoms with Crippen molar-refractivity contribution in [3.8, 4) is 0 Å². The van der Waals surface area contributed by atoms with Crippen LogP contribution >= 0.6 is 0 Å². The standard InChI is InChI=1S/C15H19N3O3/c1-10(7-8-19)16-14(20)9-18-15(21)13-6-4-3-5-12(13)11(2)17-18/h3-6,10,19H,7-9H2,1-2H3,(H,16,20). The second-order valence-corrected chi connectivity index (χ2v) is 5.07. The van der Waals surface area contributed by atoms with E-state index in [4.69, 9.17) is 5.11 Å². The number of carbonyl (C=O) groups is 1. The van der Waals surface area contributed by atoms with Crippen molar-refractivity contribution in [2.24, 2.45) is 0 Å². The molecule has 0 aliphatic carbocycles. The van der Waals surface area contributed by atoms with Crippen molar-refractivity contribution in [2.45, 2.75) is 32.9 Å². The second-order valence-electron chi connectivity index (χ2n) is 5.07. The van der Waals surface area contributed by atoms with Crippen LogP contribution in [0.2, 0.25) is 0 Å². The van der Waals surface area contributed by atoms with Gasteiger partial charge in [0.2, 0.25) is 5.91 Å². The quantitative estimate of drug-likeness (QED) is 0.844. The van der Waals surface area contributed by atoms with Gasteiger partial charge < -0.3 is 10.4 Å². The van der Waals surface area contributed by atoms with Gasteiger partial charge in [-0.2, -0.15) is 5.10 Å². The zero-order valence-electron chi connectivity index (χ0n) is 12.2. The number of aliphatic hydroxyl groups excluding tert-OH is 1. The Labute approximate surface area is 122 Å². The SMILES string of the molecule is Cc1nn(CC(=O)NC(C)CCO)c(=O)c2ccccc12. The van der Waals surface area contributed by atoms with Crippen LogP contribution in [0, 0.1) is 6.92 Å². The van der Waals surface area contributed by atoms with Crippen molar-refractivity contribution in [2.75, 3.05) is 6.61 Å². The third-order valence-corrected chi connectivity index (χ3v) is 3.32. The molecule has 2 N–H and O–H groups in total. The molecule has 21 heavy (non-hydrogen) atoms. The van der Waals surface area contributed by atoms with Crippen LogP contribution in [0.25, 0.3) is 10.8 Å². The molecule has 0 saturated carbocycles. The molecule has 0 spiro atoms. The van der Waals surface area contributed by atoms with E-state index in [0.29, 0.717) is 17.5 Å². The molecule has 6 heteroatoms. The van der Waals surface area contributed by atoms with Crippen LogP contribution in [0.1, 0.15) is 19.0 Å². The van der Waals surface area contributed by atoms with E-state index < -0.39 is 0 Å². The van der Waals surface area contributed by atoms with E-state index in [2.05, 4.69) is 10.4 Å². The molecule has 0 bridgehead atoms. The summed E-state index contributed by atoms with van der Waals surface area (Å²) in [4.78, 5) is 24.2. The van der Waals surface area contributed by atoms with Gasteiger partial charge in [-0.25, -0.2) is 4.68 Å². The smallest absolute Gasteiger partial charge is 0.275 e. The lowest BCUT2D eigenvalue weighted by atomic mass is 10.1. The highest BCUT2D eigenvalue weighted by Crippen LogP contribution is 2.11. The number of aliphatic hydroxyl groups is 1. The van der Waals surface area contributed by atoms with Crippen LogP contribution in [-0.4, -0.2) is 33.4 Å². The molecule has 1 heterocycles. The first kappa shape index (κ1) is 15.2. The van der Waals surface area contributed by atoms with Gasteiger partial charge >= 0.3 is 0 Å². The molecule has 1 unspecified atom stereocenters. The molecule has 0 radical (unpaired) electrons. The molecule has 1 atom stereocenters. The molecular formula is C15H19N3O3. The van der Waals surface area contributed by atoms with Crippen molar-refractivity contribution in [1.82, 2.24) is 15.1 Å². The molecule has 1 amide bonds. The molecule has 6 nitrogen and oxygen atoms in total. The lowest BCUT2D eigenvalue weighted by molar-refractivity contribution is -0.122. The summed E-state index contributed by atoms with van der Waals surface area (Å²) >= 11 is 0. The number of hydrogen-bond donors (Lipinski definition) is 2. The Balaban J connectivity index is 2.25. The Kier molecular flexibility index (Phi) is 4.70. The Hall–Kier alpha value is -2.21. The van der Waals surface area contributed by atoms with Crippen molar-refractivity contribution in [1.29, 1.82) is 0 Å². The van der Waals surface area contributed by atoms with Gasteiger partial charge in [-0.15, -0.1) is 0 Å². The molecule has 1 aromatic carbocycles. The number of carbonyl (C=O) groups excluding carboxylic acids is 1. The van der Waals surface area contributed by atoms with Gasteiger partial charge in [0.1, 0.15) is 6.54 Å². The summed E-state index contributed by atoms with van der Waals surface area (Å²) in [5, 5.41) is 17.1. The van der Waals surface area contributed by atoms with E-state index in [9.17, 15) is 9.59 Å². The Bertz CT molecular complexity index is 709. The van der Waals surface area contributed by atoms with Crippen LogP contribution in [0.15, 0.2) is 29.1 Å². The summed E-state index contributed by atoms with van der Waals surface area (Å²) in [6, 6.07) is 7.07. The molecule has 1 aromatic heterocycles. The predicted octanol–water partition coefficient (Wildman–Crippen LogP) is 0.592. The monoisotopic (exact) mass is 289 g/mol. The molecule has 0 fully saturated rings. The van der Waals surface area contributed by atoms with E-state index in [1.807, 2.05) is 19.1 Å². The fourth-order valence-electron chi connectivity index (χ4n) is 2.23. The van der Waals surface area contributed by atoms with E-state index in [1.165, 1.54) is 4.68 Å². The maximum Gasteiger partial charge on any atom is 0.275 e. The van der Waals surface area contributed by atoms with Crippen molar-refractivity contribution < 1.29 is 9.90 Å². The first-order chi connectivity index (χ1) is 10.0. The van der Waals surface area contributed by atoms with Gasteiger partial charge in [-0.3, -0.25) is 9.59 Å². The average Bonchev–Trinajstić information content (AvgIpc) is 2.44. The van der Waals surface area contributed by atoms with Crippen LogP contribution in [0.4, 0.5) is 0 Å². The Morgan fingerprint density at radius 3 is 2.71 bits per heavy atom. The van der Waals surface area contributed by atoms with Crippen molar-refractivity contribution >= 4 is 16.7 Å². The third-order valence-electron chi connectivity index (χ3n) is 3.32. The third kappa shape index (κ3) is 3.46. The maximum atomic E-state index is 12.3. The van der Waals surface area contributed by atoms with Gasteiger partial charge in [0, 0.05) is 18.0 Å². The van der Waals surface area contributed by atoms with E-state index in [1.54, 1.807) is 19.1 Å². The highest BCUT2D eigenvalue weighted by molar-refractivity contribution is 5.83. The minimum absolute atomic E-state index is 0.00866. The Morgan fingerprint density at radius 1 is 1.38 bits per heavy atom. The fourth-order valence-corrected chi connectivity index (χ4v) is 2.23. The summed E-state index contributed by atoms with van der Waals surface area (Å²) in [7, 11) is 0. The van der Waals surface area contributed by atoms with E-state index in [-0.39, 0.29) is 30.7 Å². The van der Waals surface area contributed by atoms with Crippen molar-refractivity contribution in [3.63, 3.8) is 0 Å². The topological polar surface area (TPSA) is 84.2 Å². The van der Waals surface area contributed by atoms with Crippen LogP contribution in [0.5, 0.6) is 0 Å². The first-order valence-electron chi connectivity index (χ1n) is 6.89. The number of fused-ring (bicyclic) bond motifs is 1. The molecule has 0 aliphatic heterocycles. The normalized spacial score (nSPS) is 12.3. The number of aryl methyl sites for hydroxylation is 1. The highest BCUT2D eigenvalue weighted by Gasteiger charge is 2.12. The number of nitrogens with one attached hydrogen (secondary N) is 1. The van der Waals surface area contributed by atoms with Gasteiger partial charge in [0.15, 0.2) is 0 Å². The first-order valence-corrected chi connectivity index (χ1v) is 6.89. The highest BCUT2D eigenvalue weighted by atomic mass is 16.3. The molecule has 112 valence electrons. The lowest BCUT2D eigenvalue weighted by Gasteiger charge is -2.13.